The van der Waals surface area contributed by atoms with Crippen LogP contribution in [0.5, 0.6) is 0 Å². The maximum atomic E-state index is 12.9. The van der Waals surface area contributed by atoms with Crippen LogP contribution in [0.15, 0.2) is 30.5 Å². The van der Waals surface area contributed by atoms with Crippen LogP contribution in [0.2, 0.25) is 0 Å². The fourth-order valence-electron chi connectivity index (χ4n) is 4.03. The van der Waals surface area contributed by atoms with Gasteiger partial charge in [0, 0.05) is 26.2 Å². The van der Waals surface area contributed by atoms with Gasteiger partial charge in [-0.05, 0) is 56.0 Å². The van der Waals surface area contributed by atoms with Crippen molar-refractivity contribution in [1.82, 2.24) is 15.1 Å². The monoisotopic (exact) mass is 391 g/mol. The number of piperidine rings is 1. The first kappa shape index (κ1) is 21.5. The number of hydrogen-bond acceptors (Lipinski definition) is 3. The number of nitrogens with zero attached hydrogens (tertiary/aromatic N) is 2. The third-order valence-electron chi connectivity index (χ3n) is 5.61. The number of rotatable bonds is 5. The van der Waals surface area contributed by atoms with Crippen molar-refractivity contribution in [2.45, 2.75) is 38.6 Å². The van der Waals surface area contributed by atoms with E-state index in [4.69, 9.17) is 0 Å². The summed E-state index contributed by atoms with van der Waals surface area (Å²) in [5.41, 5.74) is 2.15. The average molecular weight is 392 g/mol. The highest BCUT2D eigenvalue weighted by molar-refractivity contribution is 5.85. The number of hydrogen-bond donors (Lipinski definition) is 1. The van der Waals surface area contributed by atoms with Crippen LogP contribution in [-0.4, -0.2) is 48.3 Å². The van der Waals surface area contributed by atoms with E-state index in [1.807, 2.05) is 48.5 Å². The van der Waals surface area contributed by atoms with Crippen molar-refractivity contribution in [3.63, 3.8) is 0 Å². The van der Waals surface area contributed by atoms with Crippen LogP contribution in [0.4, 0.5) is 0 Å². The van der Waals surface area contributed by atoms with Crippen molar-refractivity contribution in [1.29, 1.82) is 0 Å². The van der Waals surface area contributed by atoms with Crippen LogP contribution >= 0.6 is 12.4 Å². The molecule has 1 aromatic rings. The third-order valence-corrected chi connectivity index (χ3v) is 5.61. The lowest BCUT2D eigenvalue weighted by Gasteiger charge is -2.36. The molecule has 0 radical (unpaired) electrons. The summed E-state index contributed by atoms with van der Waals surface area (Å²) in [5, 5.41) is 3.20. The Balaban J connectivity index is 0.00000261. The van der Waals surface area contributed by atoms with Gasteiger partial charge in [-0.1, -0.05) is 24.3 Å². The van der Waals surface area contributed by atoms with Crippen LogP contribution in [0.1, 0.15) is 49.8 Å². The van der Waals surface area contributed by atoms with Gasteiger partial charge in [-0.15, -0.1) is 12.4 Å². The molecule has 1 saturated heterocycles. The smallest absolute Gasteiger partial charge is 0.225 e. The molecule has 1 fully saturated rings. The highest BCUT2D eigenvalue weighted by atomic mass is 35.5. The van der Waals surface area contributed by atoms with Crippen molar-refractivity contribution in [3.05, 3.63) is 41.6 Å². The van der Waals surface area contributed by atoms with Crippen LogP contribution in [0.3, 0.4) is 0 Å². The fraction of sp³-hybridized carbons (Fsp3) is 0.524. The first-order chi connectivity index (χ1) is 12.6. The molecule has 6 heteroatoms. The summed E-state index contributed by atoms with van der Waals surface area (Å²) in [6.45, 7) is 4.26. The number of carbonyl (C=O) groups is 2. The third kappa shape index (κ3) is 5.11. The second-order valence-corrected chi connectivity index (χ2v) is 7.31. The molecule has 2 heterocycles. The second-order valence-electron chi connectivity index (χ2n) is 7.31. The van der Waals surface area contributed by atoms with Gasteiger partial charge in [0.15, 0.2) is 0 Å². The van der Waals surface area contributed by atoms with Crippen LogP contribution < -0.4 is 5.32 Å². The summed E-state index contributed by atoms with van der Waals surface area (Å²) >= 11 is 0. The molecule has 1 atom stereocenters. The second kappa shape index (κ2) is 9.90. The first-order valence-corrected chi connectivity index (χ1v) is 9.58. The lowest BCUT2D eigenvalue weighted by Crippen LogP contribution is -2.41. The molecular formula is C21H30ClN3O2. The van der Waals surface area contributed by atoms with E-state index in [9.17, 15) is 9.59 Å². The van der Waals surface area contributed by atoms with E-state index in [0.717, 1.165) is 43.6 Å². The Kier molecular flexibility index (Phi) is 7.87. The highest BCUT2D eigenvalue weighted by Crippen LogP contribution is 2.33. The van der Waals surface area contributed by atoms with E-state index in [2.05, 4.69) is 5.32 Å². The van der Waals surface area contributed by atoms with Crippen molar-refractivity contribution in [2.24, 2.45) is 5.92 Å². The lowest BCUT2D eigenvalue weighted by molar-refractivity contribution is -0.135. The molecule has 5 nitrogen and oxygen atoms in total. The molecule has 1 unspecified atom stereocenters. The van der Waals surface area contributed by atoms with E-state index < -0.39 is 0 Å². The quantitative estimate of drug-likeness (QED) is 0.838. The van der Waals surface area contributed by atoms with E-state index in [0.29, 0.717) is 12.3 Å². The summed E-state index contributed by atoms with van der Waals surface area (Å²) in [6.07, 6.45) is 7.44. The zero-order valence-electron chi connectivity index (χ0n) is 16.2. The predicted octanol–water partition coefficient (Wildman–Crippen LogP) is 3.22. The molecule has 2 aliphatic rings. The number of halogens is 1. The van der Waals surface area contributed by atoms with Gasteiger partial charge in [0.05, 0.1) is 12.5 Å². The fourth-order valence-corrected chi connectivity index (χ4v) is 4.03. The summed E-state index contributed by atoms with van der Waals surface area (Å²) in [7, 11) is 1.98. The van der Waals surface area contributed by atoms with Gasteiger partial charge >= 0.3 is 0 Å². The molecule has 0 spiro atoms. The summed E-state index contributed by atoms with van der Waals surface area (Å²) in [5.74, 6) is 0.830. The van der Waals surface area contributed by atoms with Crippen molar-refractivity contribution in [2.75, 3.05) is 26.7 Å². The number of likely N-dealkylation sites (tertiary alicyclic amines) is 1. The summed E-state index contributed by atoms with van der Waals surface area (Å²) in [6, 6.07) is 7.82. The Morgan fingerprint density at radius 1 is 1.19 bits per heavy atom. The van der Waals surface area contributed by atoms with Gasteiger partial charge in [0.2, 0.25) is 11.8 Å². The molecule has 27 heavy (non-hydrogen) atoms. The van der Waals surface area contributed by atoms with Gasteiger partial charge in [-0.2, -0.15) is 0 Å². The molecular weight excluding hydrogens is 362 g/mol. The number of nitrogens with one attached hydrogen (secondary N) is 1. The maximum Gasteiger partial charge on any atom is 0.225 e. The Morgan fingerprint density at radius 2 is 1.89 bits per heavy atom. The first-order valence-electron chi connectivity index (χ1n) is 9.58. The molecule has 2 amide bonds. The topological polar surface area (TPSA) is 52.7 Å². The molecule has 3 rings (SSSR count). The van der Waals surface area contributed by atoms with E-state index in [1.165, 1.54) is 6.42 Å². The SMILES string of the molecule is CNCCC1CCN(C(=O)CC2c3ccccc3C=CN2C(C)=O)CC1.Cl. The minimum Gasteiger partial charge on any atom is -0.343 e. The molecule has 0 aliphatic carbocycles. The minimum atomic E-state index is -0.205. The number of benzene rings is 1. The van der Waals surface area contributed by atoms with Crippen LogP contribution in [0.25, 0.3) is 6.08 Å². The molecule has 2 aliphatic heterocycles. The zero-order chi connectivity index (χ0) is 18.5. The normalized spacial score (nSPS) is 19.4. The molecule has 148 valence electrons. The maximum absolute atomic E-state index is 12.9. The van der Waals surface area contributed by atoms with Gasteiger partial charge in [-0.3, -0.25) is 9.59 Å². The van der Waals surface area contributed by atoms with E-state index in [1.54, 1.807) is 11.8 Å². The minimum absolute atomic E-state index is 0. The van der Waals surface area contributed by atoms with Gasteiger partial charge in [-0.25, -0.2) is 0 Å². The Bertz CT molecular complexity index is 684. The van der Waals surface area contributed by atoms with E-state index >= 15 is 0 Å². The number of carbonyl (C=O) groups excluding carboxylic acids is 2. The summed E-state index contributed by atoms with van der Waals surface area (Å²) < 4.78 is 0. The van der Waals surface area contributed by atoms with Gasteiger partial charge < -0.3 is 15.1 Å². The lowest BCUT2D eigenvalue weighted by atomic mass is 9.91. The Hall–Kier alpha value is -1.85. The highest BCUT2D eigenvalue weighted by Gasteiger charge is 2.31. The molecule has 1 N–H and O–H groups in total. The molecule has 0 saturated carbocycles. The molecule has 1 aromatic carbocycles. The zero-order valence-corrected chi connectivity index (χ0v) is 17.0. The molecule has 0 bridgehead atoms. The summed E-state index contributed by atoms with van der Waals surface area (Å²) in [4.78, 5) is 28.7. The average Bonchev–Trinajstić information content (AvgIpc) is 2.66. The van der Waals surface area contributed by atoms with Gasteiger partial charge in [0.1, 0.15) is 0 Å². The standard InChI is InChI=1S/C21H29N3O2.ClH/c1-16(25)24-14-10-18-5-3-4-6-19(18)20(24)15-21(26)23-12-8-17(9-13-23)7-11-22-2;/h3-6,10,14,17,20,22H,7-9,11-13,15H2,1-2H3;1H. The molecule has 0 aromatic heterocycles. The van der Waals surface area contributed by atoms with Crippen molar-refractivity contribution in [3.8, 4) is 0 Å². The van der Waals surface area contributed by atoms with Crippen LogP contribution in [0, 0.1) is 5.92 Å². The largest absolute Gasteiger partial charge is 0.343 e. The predicted molar refractivity (Wildman–Crippen MR) is 110 cm³/mol. The van der Waals surface area contributed by atoms with E-state index in [-0.39, 0.29) is 30.3 Å². The van der Waals surface area contributed by atoms with Crippen molar-refractivity contribution >= 4 is 30.3 Å². The Morgan fingerprint density at radius 3 is 2.56 bits per heavy atom. The van der Waals surface area contributed by atoms with Crippen molar-refractivity contribution < 1.29 is 9.59 Å². The number of fused-ring (bicyclic) bond motifs is 1. The Labute approximate surface area is 168 Å². The van der Waals surface area contributed by atoms with Crippen LogP contribution in [-0.2, 0) is 9.59 Å². The number of amides is 2. The van der Waals surface area contributed by atoms with Gasteiger partial charge in [0.25, 0.3) is 0 Å².